The van der Waals surface area contributed by atoms with E-state index in [-0.39, 0.29) is 22.9 Å². The monoisotopic (exact) mass is 286 g/mol. The van der Waals surface area contributed by atoms with E-state index in [1.165, 1.54) is 38.5 Å². The van der Waals surface area contributed by atoms with Gasteiger partial charge < -0.3 is 0 Å². The minimum atomic E-state index is -0.220. The normalized spacial score (nSPS) is 10.3. The molecule has 0 saturated heterocycles. The zero-order valence-electron chi connectivity index (χ0n) is 9.78. The minimum absolute atomic E-state index is 0.220. The van der Waals surface area contributed by atoms with Crippen molar-refractivity contribution in [3.05, 3.63) is 0 Å². The summed E-state index contributed by atoms with van der Waals surface area (Å²) >= 11 is -0.220. The summed E-state index contributed by atoms with van der Waals surface area (Å²) in [7, 11) is 0. The van der Waals surface area contributed by atoms with Gasteiger partial charge in [-0.2, -0.15) is 0 Å². The Morgan fingerprint density at radius 1 is 0.615 bits per heavy atom. The van der Waals surface area contributed by atoms with Gasteiger partial charge in [0.15, 0.2) is 0 Å². The second-order valence-corrected chi connectivity index (χ2v) is 10.2. The van der Waals surface area contributed by atoms with Crippen LogP contribution in [-0.2, 0) is 0 Å². The van der Waals surface area contributed by atoms with Crippen molar-refractivity contribution in [3.63, 3.8) is 0 Å². The molecule has 0 atom stereocenters. The Morgan fingerprint density at radius 3 is 1.46 bits per heavy atom. The van der Waals surface area contributed by atoms with Gasteiger partial charge in [-0.25, -0.2) is 0 Å². The molecule has 0 saturated carbocycles. The van der Waals surface area contributed by atoms with Crippen molar-refractivity contribution in [2.24, 2.45) is 0 Å². The van der Waals surface area contributed by atoms with E-state index in [1.54, 1.807) is 21.2 Å². The van der Waals surface area contributed by atoms with Gasteiger partial charge >= 0.3 is 96.5 Å². The third-order valence-electron chi connectivity index (χ3n) is 2.71. The first-order chi connectivity index (χ1) is 6.41. The fourth-order valence-corrected chi connectivity index (χ4v) is 6.78. The summed E-state index contributed by atoms with van der Waals surface area (Å²) in [5.41, 5.74) is 0. The molecule has 0 rings (SSSR count). The first kappa shape index (κ1) is 13.9. The molecule has 0 amide bonds. The van der Waals surface area contributed by atoms with Crippen LogP contribution < -0.4 is 0 Å². The van der Waals surface area contributed by atoms with Gasteiger partial charge in [0, 0.05) is 0 Å². The third-order valence-corrected chi connectivity index (χ3v) is 8.42. The van der Waals surface area contributed by atoms with E-state index in [2.05, 4.69) is 13.8 Å². The molecule has 0 N–H and O–H groups in total. The molecule has 0 radical (unpaired) electrons. The van der Waals surface area contributed by atoms with Crippen molar-refractivity contribution in [1.82, 2.24) is 0 Å². The molecule has 0 bridgehead atoms. The Labute approximate surface area is 96.2 Å². The summed E-state index contributed by atoms with van der Waals surface area (Å²) in [4.78, 5) is 0. The molecule has 78 valence electrons. The zero-order chi connectivity index (χ0) is 9.78. The van der Waals surface area contributed by atoms with Crippen molar-refractivity contribution in [2.75, 3.05) is 0 Å². The van der Waals surface area contributed by atoms with E-state index in [0.29, 0.717) is 0 Å². The van der Waals surface area contributed by atoms with E-state index in [0.717, 1.165) is 0 Å². The van der Waals surface area contributed by atoms with Gasteiger partial charge in [-0.1, -0.05) is 0 Å². The molecule has 0 aromatic carbocycles. The first-order valence-corrected chi connectivity index (χ1v) is 12.1. The molecule has 0 aliphatic rings. The summed E-state index contributed by atoms with van der Waals surface area (Å²) < 4.78 is 3.38. The second-order valence-electron chi connectivity index (χ2n) is 4.18. The van der Waals surface area contributed by atoms with Crippen molar-refractivity contribution in [2.45, 2.75) is 73.6 Å². The van der Waals surface area contributed by atoms with Crippen LogP contribution in [0.2, 0.25) is 8.35 Å². The molecule has 0 heterocycles. The molecule has 0 nitrogen and oxygen atoms in total. The SMILES string of the molecule is CCCCC[CH2][InH][CH2]CCCCC. The van der Waals surface area contributed by atoms with Crippen LogP contribution in [0.5, 0.6) is 0 Å². The van der Waals surface area contributed by atoms with Gasteiger partial charge in [0.2, 0.25) is 0 Å². The Bertz CT molecular complexity index is 71.2. The van der Waals surface area contributed by atoms with Crippen LogP contribution in [0.3, 0.4) is 0 Å². The van der Waals surface area contributed by atoms with Crippen LogP contribution >= 0.6 is 0 Å². The quantitative estimate of drug-likeness (QED) is 0.521. The second kappa shape index (κ2) is 12.9. The molecule has 0 aliphatic heterocycles. The Kier molecular flexibility index (Phi) is 13.7. The molecule has 13 heavy (non-hydrogen) atoms. The summed E-state index contributed by atoms with van der Waals surface area (Å²) in [6.07, 6.45) is 11.9. The van der Waals surface area contributed by atoms with Crippen LogP contribution in [0.1, 0.15) is 65.2 Å². The molecule has 0 aliphatic carbocycles. The van der Waals surface area contributed by atoms with Crippen LogP contribution in [0.25, 0.3) is 0 Å². The predicted molar refractivity (Wildman–Crippen MR) is 65.0 cm³/mol. The van der Waals surface area contributed by atoms with Crippen molar-refractivity contribution in [1.29, 1.82) is 0 Å². The van der Waals surface area contributed by atoms with Gasteiger partial charge in [0.25, 0.3) is 0 Å². The summed E-state index contributed by atoms with van der Waals surface area (Å²) in [6, 6.07) is 0. The molecule has 0 aromatic heterocycles. The van der Waals surface area contributed by atoms with Crippen LogP contribution in [0.15, 0.2) is 0 Å². The van der Waals surface area contributed by atoms with Crippen molar-refractivity contribution in [3.8, 4) is 0 Å². The average molecular weight is 286 g/mol. The summed E-state index contributed by atoms with van der Waals surface area (Å²) in [5, 5.41) is 0. The topological polar surface area (TPSA) is 0 Å². The average Bonchev–Trinajstić information content (AvgIpc) is 2.16. The Hall–Kier alpha value is 0.870. The molecule has 0 aromatic rings. The Morgan fingerprint density at radius 2 is 1.08 bits per heavy atom. The number of unbranched alkanes of at least 4 members (excludes halogenated alkanes) is 6. The summed E-state index contributed by atoms with van der Waals surface area (Å²) in [6.45, 7) is 4.60. The predicted octanol–water partition coefficient (Wildman–Crippen LogP) is 4.42. The van der Waals surface area contributed by atoms with E-state index in [4.69, 9.17) is 0 Å². The van der Waals surface area contributed by atoms with E-state index in [9.17, 15) is 0 Å². The number of hydrogen-bond donors (Lipinski definition) is 0. The molecule has 1 heteroatoms. The van der Waals surface area contributed by atoms with E-state index in [1.807, 2.05) is 0 Å². The number of hydrogen-bond acceptors (Lipinski definition) is 0. The van der Waals surface area contributed by atoms with Crippen LogP contribution in [0, 0.1) is 0 Å². The Balaban J connectivity index is 2.76. The summed E-state index contributed by atoms with van der Waals surface area (Å²) in [5.74, 6) is 0. The zero-order valence-corrected chi connectivity index (χ0v) is 13.8. The number of rotatable bonds is 10. The van der Waals surface area contributed by atoms with Crippen molar-refractivity contribution < 1.29 is 0 Å². The van der Waals surface area contributed by atoms with E-state index < -0.39 is 0 Å². The van der Waals surface area contributed by atoms with Gasteiger partial charge in [0.1, 0.15) is 0 Å². The van der Waals surface area contributed by atoms with Gasteiger partial charge in [-0.15, -0.1) is 0 Å². The van der Waals surface area contributed by atoms with Gasteiger partial charge in [-0.05, 0) is 0 Å². The molecular formula is C12H27In. The molecule has 0 unspecified atom stereocenters. The standard InChI is InChI=1S/2C6H13.In.H/c2*1-3-5-6-4-2;;/h2*1,3-6H2,2H3;;. The third kappa shape index (κ3) is 12.9. The first-order valence-electron chi connectivity index (χ1n) is 6.41. The van der Waals surface area contributed by atoms with Crippen LogP contribution in [-0.4, -0.2) is 22.9 Å². The van der Waals surface area contributed by atoms with Gasteiger partial charge in [-0.3, -0.25) is 0 Å². The van der Waals surface area contributed by atoms with Crippen LogP contribution in [0.4, 0.5) is 0 Å². The fourth-order valence-electron chi connectivity index (χ4n) is 1.74. The maximum atomic E-state index is 2.30. The molecule has 0 spiro atoms. The fraction of sp³-hybridized carbons (Fsp3) is 1.00. The van der Waals surface area contributed by atoms with E-state index >= 15 is 0 Å². The van der Waals surface area contributed by atoms with Gasteiger partial charge in [0.05, 0.1) is 0 Å². The maximum absolute atomic E-state index is 2.30. The van der Waals surface area contributed by atoms with Crippen molar-refractivity contribution >= 4 is 22.9 Å². The molecule has 0 fully saturated rings. The molecular weight excluding hydrogens is 259 g/mol.